The molecule has 0 fully saturated rings. The molecular weight excluding hydrogens is 315 g/mol. The molecule has 1 atom stereocenters. The highest BCUT2D eigenvalue weighted by atomic mass is 79.9. The number of hydrogen-bond donors (Lipinski definition) is 2. The van der Waals surface area contributed by atoms with Crippen LogP contribution < -0.4 is 10.6 Å². The van der Waals surface area contributed by atoms with Crippen LogP contribution in [0.4, 0.5) is 4.39 Å². The minimum Gasteiger partial charge on any atom is -0.354 e. The molecule has 0 radical (unpaired) electrons. The van der Waals surface area contributed by atoms with E-state index >= 15 is 0 Å². The normalized spacial score (nSPS) is 11.8. The van der Waals surface area contributed by atoms with Crippen LogP contribution in [0.25, 0.3) is 0 Å². The molecule has 0 aliphatic rings. The standard InChI is InChI=1S/C13H16BrFN2O2/c1-3-6-16-12(18)8(2)17-13(19)10-5-4-9(15)7-11(10)14/h4-5,7-8H,3,6H2,1-2H3,(H,16,18)(H,17,19)/t8-/m0/s1. The van der Waals surface area contributed by atoms with Gasteiger partial charge in [0.05, 0.1) is 5.56 Å². The summed E-state index contributed by atoms with van der Waals surface area (Å²) in [4.78, 5) is 23.5. The first-order valence-corrected chi connectivity index (χ1v) is 6.78. The van der Waals surface area contributed by atoms with E-state index in [2.05, 4.69) is 26.6 Å². The summed E-state index contributed by atoms with van der Waals surface area (Å²) >= 11 is 3.12. The number of amides is 2. The summed E-state index contributed by atoms with van der Waals surface area (Å²) < 4.78 is 13.3. The maximum Gasteiger partial charge on any atom is 0.253 e. The molecule has 1 rings (SSSR count). The van der Waals surface area contributed by atoms with E-state index in [-0.39, 0.29) is 11.5 Å². The fourth-order valence-electron chi connectivity index (χ4n) is 1.41. The maximum atomic E-state index is 12.9. The first-order valence-electron chi connectivity index (χ1n) is 5.99. The van der Waals surface area contributed by atoms with E-state index in [1.165, 1.54) is 18.2 Å². The molecule has 1 aromatic rings. The van der Waals surface area contributed by atoms with Crippen molar-refractivity contribution in [2.24, 2.45) is 0 Å². The van der Waals surface area contributed by atoms with Crippen LogP contribution in [0, 0.1) is 5.82 Å². The van der Waals surface area contributed by atoms with Gasteiger partial charge < -0.3 is 10.6 Å². The van der Waals surface area contributed by atoms with Crippen LogP contribution in [0.3, 0.4) is 0 Å². The molecule has 0 aromatic heterocycles. The highest BCUT2D eigenvalue weighted by molar-refractivity contribution is 9.10. The molecule has 0 unspecified atom stereocenters. The molecule has 1 aromatic carbocycles. The summed E-state index contributed by atoms with van der Waals surface area (Å²) in [6, 6.07) is 3.12. The van der Waals surface area contributed by atoms with Crippen LogP contribution in [0.5, 0.6) is 0 Å². The van der Waals surface area contributed by atoms with Gasteiger partial charge in [0, 0.05) is 11.0 Å². The summed E-state index contributed by atoms with van der Waals surface area (Å²) in [7, 11) is 0. The van der Waals surface area contributed by atoms with Gasteiger partial charge in [-0.05, 0) is 47.5 Å². The highest BCUT2D eigenvalue weighted by Crippen LogP contribution is 2.17. The Balaban J connectivity index is 2.66. The average Bonchev–Trinajstić information content (AvgIpc) is 2.35. The van der Waals surface area contributed by atoms with Crippen molar-refractivity contribution in [3.63, 3.8) is 0 Å². The molecule has 4 nitrogen and oxygen atoms in total. The van der Waals surface area contributed by atoms with E-state index in [0.29, 0.717) is 11.0 Å². The average molecular weight is 331 g/mol. The number of hydrogen-bond acceptors (Lipinski definition) is 2. The zero-order valence-corrected chi connectivity index (χ0v) is 12.4. The van der Waals surface area contributed by atoms with E-state index in [4.69, 9.17) is 0 Å². The monoisotopic (exact) mass is 330 g/mol. The van der Waals surface area contributed by atoms with Gasteiger partial charge >= 0.3 is 0 Å². The third-order valence-corrected chi connectivity index (χ3v) is 3.12. The molecule has 2 N–H and O–H groups in total. The Kier molecular flexibility index (Phi) is 5.95. The molecule has 2 amide bonds. The molecule has 19 heavy (non-hydrogen) atoms. The lowest BCUT2D eigenvalue weighted by molar-refractivity contribution is -0.122. The predicted molar refractivity (Wildman–Crippen MR) is 74.3 cm³/mol. The smallest absolute Gasteiger partial charge is 0.253 e. The van der Waals surface area contributed by atoms with Gasteiger partial charge in [0.2, 0.25) is 5.91 Å². The Morgan fingerprint density at radius 1 is 1.42 bits per heavy atom. The minimum absolute atomic E-state index is 0.242. The number of benzene rings is 1. The van der Waals surface area contributed by atoms with Crippen molar-refractivity contribution < 1.29 is 14.0 Å². The Bertz CT molecular complexity index is 480. The van der Waals surface area contributed by atoms with Gasteiger partial charge in [0.1, 0.15) is 11.9 Å². The largest absolute Gasteiger partial charge is 0.354 e. The number of rotatable bonds is 5. The maximum absolute atomic E-state index is 12.9. The van der Waals surface area contributed by atoms with E-state index in [1.54, 1.807) is 6.92 Å². The van der Waals surface area contributed by atoms with Gasteiger partial charge in [-0.3, -0.25) is 9.59 Å². The van der Waals surface area contributed by atoms with Crippen molar-refractivity contribution >= 4 is 27.7 Å². The SMILES string of the molecule is CCCNC(=O)[C@H](C)NC(=O)c1ccc(F)cc1Br. The highest BCUT2D eigenvalue weighted by Gasteiger charge is 2.17. The molecule has 0 saturated heterocycles. The number of carbonyl (C=O) groups excluding carboxylic acids is 2. The van der Waals surface area contributed by atoms with Crippen LogP contribution in [0.2, 0.25) is 0 Å². The summed E-state index contributed by atoms with van der Waals surface area (Å²) in [6.07, 6.45) is 0.829. The van der Waals surface area contributed by atoms with Crippen LogP contribution in [0.15, 0.2) is 22.7 Å². The topological polar surface area (TPSA) is 58.2 Å². The van der Waals surface area contributed by atoms with E-state index < -0.39 is 17.8 Å². The summed E-state index contributed by atoms with van der Waals surface area (Å²) in [5.74, 6) is -1.10. The molecule has 0 aliphatic heterocycles. The lowest BCUT2D eigenvalue weighted by atomic mass is 10.2. The van der Waals surface area contributed by atoms with E-state index in [9.17, 15) is 14.0 Å². The molecule has 0 bridgehead atoms. The molecular formula is C13H16BrFN2O2. The van der Waals surface area contributed by atoms with Gasteiger partial charge in [0.25, 0.3) is 5.91 Å². The Morgan fingerprint density at radius 3 is 2.68 bits per heavy atom. The van der Waals surface area contributed by atoms with Crippen LogP contribution in [0.1, 0.15) is 30.6 Å². The summed E-state index contributed by atoms with van der Waals surface area (Å²) in [6.45, 7) is 4.11. The Morgan fingerprint density at radius 2 is 2.11 bits per heavy atom. The molecule has 6 heteroatoms. The fourth-order valence-corrected chi connectivity index (χ4v) is 1.95. The van der Waals surface area contributed by atoms with Crippen molar-refractivity contribution in [3.8, 4) is 0 Å². The van der Waals surface area contributed by atoms with Crippen LogP contribution >= 0.6 is 15.9 Å². The lowest BCUT2D eigenvalue weighted by Gasteiger charge is -2.14. The van der Waals surface area contributed by atoms with Crippen LogP contribution in [-0.4, -0.2) is 24.4 Å². The molecule has 0 saturated carbocycles. The van der Waals surface area contributed by atoms with Gasteiger partial charge in [-0.1, -0.05) is 6.92 Å². The molecule has 0 spiro atoms. The zero-order valence-electron chi connectivity index (χ0n) is 10.8. The quantitative estimate of drug-likeness (QED) is 0.869. The molecule has 0 aliphatic carbocycles. The molecule has 104 valence electrons. The lowest BCUT2D eigenvalue weighted by Crippen LogP contribution is -2.45. The van der Waals surface area contributed by atoms with E-state index in [0.717, 1.165) is 6.42 Å². The number of halogens is 2. The Hall–Kier alpha value is -1.43. The first-order chi connectivity index (χ1) is 8.95. The number of nitrogens with one attached hydrogen (secondary N) is 2. The van der Waals surface area contributed by atoms with Crippen molar-refractivity contribution in [3.05, 3.63) is 34.1 Å². The third kappa shape index (κ3) is 4.63. The second-order valence-corrected chi connectivity index (χ2v) is 4.96. The minimum atomic E-state index is -0.643. The van der Waals surface area contributed by atoms with Gasteiger partial charge in [-0.15, -0.1) is 0 Å². The van der Waals surface area contributed by atoms with Gasteiger partial charge in [0.15, 0.2) is 0 Å². The van der Waals surface area contributed by atoms with Crippen molar-refractivity contribution in [1.29, 1.82) is 0 Å². The summed E-state index contributed by atoms with van der Waals surface area (Å²) in [5.41, 5.74) is 0.288. The molecule has 0 heterocycles. The van der Waals surface area contributed by atoms with Crippen molar-refractivity contribution in [2.75, 3.05) is 6.54 Å². The number of carbonyl (C=O) groups is 2. The van der Waals surface area contributed by atoms with Crippen molar-refractivity contribution in [1.82, 2.24) is 10.6 Å². The zero-order chi connectivity index (χ0) is 14.4. The second kappa shape index (κ2) is 7.23. The van der Waals surface area contributed by atoms with Gasteiger partial charge in [-0.25, -0.2) is 4.39 Å². The first kappa shape index (κ1) is 15.6. The van der Waals surface area contributed by atoms with Crippen LogP contribution in [-0.2, 0) is 4.79 Å². The van der Waals surface area contributed by atoms with E-state index in [1.807, 2.05) is 6.92 Å². The fraction of sp³-hybridized carbons (Fsp3) is 0.385. The third-order valence-electron chi connectivity index (χ3n) is 2.47. The Labute approximate surface area is 119 Å². The van der Waals surface area contributed by atoms with Gasteiger partial charge in [-0.2, -0.15) is 0 Å². The second-order valence-electron chi connectivity index (χ2n) is 4.11. The summed E-state index contributed by atoms with van der Waals surface area (Å²) in [5, 5.41) is 5.25. The van der Waals surface area contributed by atoms with Crippen molar-refractivity contribution in [2.45, 2.75) is 26.3 Å². The predicted octanol–water partition coefficient (Wildman–Crippen LogP) is 2.23.